The highest BCUT2D eigenvalue weighted by molar-refractivity contribution is 5.90. The predicted octanol–water partition coefficient (Wildman–Crippen LogP) is 3.80. The fraction of sp³-hybridized carbons (Fsp3) is 0.562. The van der Waals surface area contributed by atoms with Crippen LogP contribution in [0.15, 0.2) is 18.2 Å². The molecular formula is C16H24N2O2. The summed E-state index contributed by atoms with van der Waals surface area (Å²) in [5.41, 5.74) is 1.85. The Labute approximate surface area is 121 Å². The van der Waals surface area contributed by atoms with Gasteiger partial charge in [0.05, 0.1) is 7.11 Å². The average Bonchev–Trinajstić information content (AvgIpc) is 2.49. The highest BCUT2D eigenvalue weighted by atomic mass is 16.5. The molecule has 20 heavy (non-hydrogen) atoms. The Morgan fingerprint density at radius 2 is 2.00 bits per heavy atom. The van der Waals surface area contributed by atoms with Crippen molar-refractivity contribution in [2.24, 2.45) is 0 Å². The van der Waals surface area contributed by atoms with Crippen molar-refractivity contribution in [2.75, 3.05) is 19.5 Å². The molecule has 1 aliphatic rings. The van der Waals surface area contributed by atoms with E-state index in [-0.39, 0.29) is 6.03 Å². The summed E-state index contributed by atoms with van der Waals surface area (Å²) in [6.07, 6.45) is 5.98. The molecule has 4 nitrogen and oxygen atoms in total. The molecule has 0 aromatic heterocycles. The number of nitrogens with one attached hydrogen (secondary N) is 1. The Balaban J connectivity index is 1.99. The zero-order valence-corrected chi connectivity index (χ0v) is 12.6. The van der Waals surface area contributed by atoms with Crippen molar-refractivity contribution in [1.29, 1.82) is 0 Å². The lowest BCUT2D eigenvalue weighted by Crippen LogP contribution is -2.41. The normalized spacial score (nSPS) is 15.8. The molecule has 0 heterocycles. The maximum absolute atomic E-state index is 12.3. The van der Waals surface area contributed by atoms with Crippen LogP contribution in [-0.4, -0.2) is 31.1 Å². The van der Waals surface area contributed by atoms with Crippen LogP contribution in [0.4, 0.5) is 10.5 Å². The summed E-state index contributed by atoms with van der Waals surface area (Å²) >= 11 is 0. The van der Waals surface area contributed by atoms with Crippen molar-refractivity contribution in [2.45, 2.75) is 45.1 Å². The third kappa shape index (κ3) is 3.44. The Morgan fingerprint density at radius 1 is 1.30 bits per heavy atom. The van der Waals surface area contributed by atoms with Crippen molar-refractivity contribution >= 4 is 11.7 Å². The summed E-state index contributed by atoms with van der Waals surface area (Å²) in [6.45, 7) is 1.97. The van der Waals surface area contributed by atoms with E-state index in [9.17, 15) is 4.79 Å². The van der Waals surface area contributed by atoms with Gasteiger partial charge in [0.2, 0.25) is 0 Å². The Morgan fingerprint density at radius 3 is 2.60 bits per heavy atom. The molecule has 1 aromatic carbocycles. The van der Waals surface area contributed by atoms with Crippen molar-refractivity contribution in [1.82, 2.24) is 4.90 Å². The van der Waals surface area contributed by atoms with Gasteiger partial charge in [-0.3, -0.25) is 0 Å². The van der Waals surface area contributed by atoms with Crippen molar-refractivity contribution in [3.8, 4) is 5.75 Å². The minimum Gasteiger partial charge on any atom is -0.497 e. The summed E-state index contributed by atoms with van der Waals surface area (Å²) in [5, 5.41) is 2.99. The molecule has 1 N–H and O–H groups in total. The fourth-order valence-corrected chi connectivity index (χ4v) is 2.74. The molecule has 0 unspecified atom stereocenters. The van der Waals surface area contributed by atoms with Gasteiger partial charge in [0.15, 0.2) is 0 Å². The number of carbonyl (C=O) groups excluding carboxylic acids is 1. The number of aryl methyl sites for hydroxylation is 1. The van der Waals surface area contributed by atoms with Gasteiger partial charge in [-0.1, -0.05) is 19.3 Å². The van der Waals surface area contributed by atoms with Crippen molar-refractivity contribution in [3.63, 3.8) is 0 Å². The molecule has 2 rings (SSSR count). The third-order valence-electron chi connectivity index (χ3n) is 4.12. The summed E-state index contributed by atoms with van der Waals surface area (Å²) in [4.78, 5) is 14.2. The summed E-state index contributed by atoms with van der Waals surface area (Å²) in [6, 6.07) is 6.03. The second-order valence-electron chi connectivity index (χ2n) is 5.51. The van der Waals surface area contributed by atoms with Crippen molar-refractivity contribution < 1.29 is 9.53 Å². The summed E-state index contributed by atoms with van der Waals surface area (Å²) in [5.74, 6) is 0.807. The lowest BCUT2D eigenvalue weighted by Gasteiger charge is -2.31. The molecule has 0 saturated heterocycles. The number of hydrogen-bond acceptors (Lipinski definition) is 2. The number of anilines is 1. The average molecular weight is 276 g/mol. The van der Waals surface area contributed by atoms with E-state index >= 15 is 0 Å². The zero-order valence-electron chi connectivity index (χ0n) is 12.6. The van der Waals surface area contributed by atoms with Gasteiger partial charge in [-0.25, -0.2) is 4.79 Å². The van der Waals surface area contributed by atoms with Crippen LogP contribution in [0, 0.1) is 6.92 Å². The number of urea groups is 1. The molecule has 1 fully saturated rings. The smallest absolute Gasteiger partial charge is 0.321 e. The van der Waals surface area contributed by atoms with E-state index in [2.05, 4.69) is 5.32 Å². The second-order valence-corrected chi connectivity index (χ2v) is 5.51. The van der Waals surface area contributed by atoms with Crippen LogP contribution in [0.2, 0.25) is 0 Å². The number of amides is 2. The molecule has 1 aromatic rings. The highest BCUT2D eigenvalue weighted by Crippen LogP contribution is 2.24. The van der Waals surface area contributed by atoms with Gasteiger partial charge in [-0.2, -0.15) is 0 Å². The number of nitrogens with zero attached hydrogens (tertiary/aromatic N) is 1. The van der Waals surface area contributed by atoms with E-state index in [4.69, 9.17) is 4.74 Å². The van der Waals surface area contributed by atoms with Crippen LogP contribution < -0.4 is 10.1 Å². The van der Waals surface area contributed by atoms with Crippen LogP contribution in [-0.2, 0) is 0 Å². The van der Waals surface area contributed by atoms with Gasteiger partial charge in [0.1, 0.15) is 5.75 Å². The van der Waals surface area contributed by atoms with Crippen LogP contribution in [0.25, 0.3) is 0 Å². The Hall–Kier alpha value is -1.71. The van der Waals surface area contributed by atoms with Crippen LogP contribution in [0.5, 0.6) is 5.75 Å². The molecule has 4 heteroatoms. The predicted molar refractivity (Wildman–Crippen MR) is 81.4 cm³/mol. The number of methoxy groups -OCH3 is 1. The molecular weight excluding hydrogens is 252 g/mol. The maximum atomic E-state index is 12.3. The minimum atomic E-state index is -0.0230. The van der Waals surface area contributed by atoms with Gasteiger partial charge in [-0.15, -0.1) is 0 Å². The standard InChI is InChI=1S/C16H24N2O2/c1-12-11-14(20-3)9-10-15(12)17-16(19)18(2)13-7-5-4-6-8-13/h9-11,13H,4-8H2,1-3H3,(H,17,19). The monoisotopic (exact) mass is 276 g/mol. The van der Waals surface area contributed by atoms with Gasteiger partial charge < -0.3 is 15.0 Å². The largest absolute Gasteiger partial charge is 0.497 e. The van der Waals surface area contributed by atoms with E-state index in [1.807, 2.05) is 37.1 Å². The van der Waals surface area contributed by atoms with Gasteiger partial charge in [0.25, 0.3) is 0 Å². The van der Waals surface area contributed by atoms with Crippen molar-refractivity contribution in [3.05, 3.63) is 23.8 Å². The molecule has 0 radical (unpaired) electrons. The van der Waals surface area contributed by atoms with E-state index in [1.165, 1.54) is 19.3 Å². The first kappa shape index (κ1) is 14.7. The van der Waals surface area contributed by atoms with Gasteiger partial charge >= 0.3 is 6.03 Å². The topological polar surface area (TPSA) is 41.6 Å². The molecule has 0 atom stereocenters. The highest BCUT2D eigenvalue weighted by Gasteiger charge is 2.22. The fourth-order valence-electron chi connectivity index (χ4n) is 2.74. The first-order valence-corrected chi connectivity index (χ1v) is 7.30. The third-order valence-corrected chi connectivity index (χ3v) is 4.12. The van der Waals surface area contributed by atoms with Gasteiger partial charge in [-0.05, 0) is 43.5 Å². The first-order valence-electron chi connectivity index (χ1n) is 7.30. The Bertz CT molecular complexity index is 468. The molecule has 110 valence electrons. The quantitative estimate of drug-likeness (QED) is 0.912. The van der Waals surface area contributed by atoms with E-state index in [0.717, 1.165) is 29.8 Å². The summed E-state index contributed by atoms with van der Waals surface area (Å²) < 4.78 is 5.17. The van der Waals surface area contributed by atoms with E-state index in [1.54, 1.807) is 7.11 Å². The molecule has 0 bridgehead atoms. The lowest BCUT2D eigenvalue weighted by molar-refractivity contribution is 0.186. The van der Waals surface area contributed by atoms with E-state index in [0.29, 0.717) is 6.04 Å². The van der Waals surface area contributed by atoms with Crippen LogP contribution in [0.3, 0.4) is 0 Å². The minimum absolute atomic E-state index is 0.0230. The molecule has 2 amide bonds. The zero-order chi connectivity index (χ0) is 14.5. The lowest BCUT2D eigenvalue weighted by atomic mass is 9.95. The van der Waals surface area contributed by atoms with Crippen LogP contribution >= 0.6 is 0 Å². The molecule has 0 spiro atoms. The number of ether oxygens (including phenoxy) is 1. The molecule has 1 aliphatic carbocycles. The number of carbonyl (C=O) groups is 1. The number of rotatable bonds is 3. The maximum Gasteiger partial charge on any atom is 0.321 e. The van der Waals surface area contributed by atoms with Crippen LogP contribution in [0.1, 0.15) is 37.7 Å². The molecule has 1 saturated carbocycles. The Kier molecular flexibility index (Phi) is 4.88. The number of hydrogen-bond donors (Lipinski definition) is 1. The summed E-state index contributed by atoms with van der Waals surface area (Å²) in [7, 11) is 3.54. The SMILES string of the molecule is COc1ccc(NC(=O)N(C)C2CCCCC2)c(C)c1. The first-order chi connectivity index (χ1) is 9.61. The number of benzene rings is 1. The van der Waals surface area contributed by atoms with E-state index < -0.39 is 0 Å². The second kappa shape index (κ2) is 6.64. The molecule has 0 aliphatic heterocycles. The van der Waals surface area contributed by atoms with Gasteiger partial charge in [0, 0.05) is 18.8 Å².